The minimum absolute atomic E-state index is 0.113. The third kappa shape index (κ3) is 5.00. The fraction of sp³-hybridized carbons (Fsp3) is 0.261. The van der Waals surface area contributed by atoms with Gasteiger partial charge in [-0.15, -0.1) is 0 Å². The molecule has 1 aromatic heterocycles. The highest BCUT2D eigenvalue weighted by molar-refractivity contribution is 5.91. The Bertz CT molecular complexity index is 923. The number of hydrogen-bond acceptors (Lipinski definition) is 2. The Morgan fingerprint density at radius 3 is 2.70 bits per heavy atom. The smallest absolute Gasteiger partial charge is 0.244 e. The molecular weight excluding hydrogens is 336 g/mol. The third-order valence-electron chi connectivity index (χ3n) is 4.64. The molecule has 4 heteroatoms. The van der Waals surface area contributed by atoms with Gasteiger partial charge in [0, 0.05) is 36.3 Å². The van der Waals surface area contributed by atoms with Gasteiger partial charge in [0.25, 0.3) is 0 Å². The molecule has 0 aliphatic rings. The Morgan fingerprint density at radius 2 is 1.93 bits per heavy atom. The van der Waals surface area contributed by atoms with Crippen molar-refractivity contribution in [1.29, 1.82) is 0 Å². The maximum Gasteiger partial charge on any atom is 0.244 e. The van der Waals surface area contributed by atoms with Crippen molar-refractivity contribution < 1.29 is 9.90 Å². The lowest BCUT2D eigenvalue weighted by Gasteiger charge is -2.02. The van der Waals surface area contributed by atoms with E-state index in [1.807, 2.05) is 0 Å². The lowest BCUT2D eigenvalue weighted by atomic mass is 10.1. The Kier molecular flexibility index (Phi) is 6.31. The number of amides is 1. The standard InChI is InChI=1S/C23H26N2O2/c1-2-3-16-25-17-19(21-6-4-5-7-22(21)25)14-15-24-23(27)13-10-18-8-11-20(26)12-9-18/h4-13,17,26H,2-3,14-16H2,1H3,(H,24,27)/b13-10+. The highest BCUT2D eigenvalue weighted by Crippen LogP contribution is 2.22. The third-order valence-corrected chi connectivity index (χ3v) is 4.64. The van der Waals surface area contributed by atoms with E-state index in [2.05, 4.69) is 47.3 Å². The molecule has 4 nitrogen and oxygen atoms in total. The van der Waals surface area contributed by atoms with E-state index in [1.54, 1.807) is 30.3 Å². The highest BCUT2D eigenvalue weighted by Gasteiger charge is 2.08. The zero-order chi connectivity index (χ0) is 19.1. The lowest BCUT2D eigenvalue weighted by molar-refractivity contribution is -0.116. The number of hydrogen-bond donors (Lipinski definition) is 2. The monoisotopic (exact) mass is 362 g/mol. The number of carbonyl (C=O) groups excluding carboxylic acids is 1. The zero-order valence-electron chi connectivity index (χ0n) is 15.7. The number of unbranched alkanes of at least 4 members (excludes halogenated alkanes) is 1. The van der Waals surface area contributed by atoms with Crippen molar-refractivity contribution in [2.45, 2.75) is 32.7 Å². The van der Waals surface area contributed by atoms with Crippen LogP contribution >= 0.6 is 0 Å². The van der Waals surface area contributed by atoms with E-state index in [0.29, 0.717) is 6.54 Å². The normalized spacial score (nSPS) is 11.3. The van der Waals surface area contributed by atoms with Crippen molar-refractivity contribution in [3.8, 4) is 5.75 Å². The van der Waals surface area contributed by atoms with E-state index < -0.39 is 0 Å². The van der Waals surface area contributed by atoms with Crippen LogP contribution in [-0.2, 0) is 17.8 Å². The molecule has 3 rings (SSSR count). The molecule has 0 fully saturated rings. The number of phenols is 1. The van der Waals surface area contributed by atoms with Gasteiger partial charge in [-0.1, -0.05) is 43.7 Å². The predicted molar refractivity (Wildman–Crippen MR) is 111 cm³/mol. The van der Waals surface area contributed by atoms with Crippen LogP contribution in [0.1, 0.15) is 30.9 Å². The van der Waals surface area contributed by atoms with Gasteiger partial charge in [-0.3, -0.25) is 4.79 Å². The largest absolute Gasteiger partial charge is 0.508 e. The molecule has 0 aliphatic carbocycles. The average Bonchev–Trinajstić information content (AvgIpc) is 3.04. The van der Waals surface area contributed by atoms with Crippen LogP contribution in [-0.4, -0.2) is 22.1 Å². The fourth-order valence-corrected chi connectivity index (χ4v) is 3.17. The number of benzene rings is 2. The predicted octanol–water partition coefficient (Wildman–Crippen LogP) is 4.52. The summed E-state index contributed by atoms with van der Waals surface area (Å²) in [6.45, 7) is 3.83. The van der Waals surface area contributed by atoms with Crippen molar-refractivity contribution in [2.75, 3.05) is 6.54 Å². The number of aromatic hydroxyl groups is 1. The first-order chi connectivity index (χ1) is 13.2. The van der Waals surface area contributed by atoms with Crippen LogP contribution in [0.15, 0.2) is 60.8 Å². The number of aromatic nitrogens is 1. The van der Waals surface area contributed by atoms with Gasteiger partial charge in [-0.05, 0) is 48.2 Å². The number of para-hydroxylation sites is 1. The number of rotatable bonds is 8. The first kappa shape index (κ1) is 18.8. The maximum absolute atomic E-state index is 12.0. The molecule has 0 saturated heterocycles. The molecule has 140 valence electrons. The molecule has 0 aliphatic heterocycles. The minimum atomic E-state index is -0.113. The summed E-state index contributed by atoms with van der Waals surface area (Å²) in [6, 6.07) is 15.2. The van der Waals surface area contributed by atoms with Gasteiger partial charge in [-0.25, -0.2) is 0 Å². The van der Waals surface area contributed by atoms with Crippen molar-refractivity contribution in [1.82, 2.24) is 9.88 Å². The van der Waals surface area contributed by atoms with Gasteiger partial charge < -0.3 is 15.0 Å². The van der Waals surface area contributed by atoms with Crippen LogP contribution in [0.5, 0.6) is 5.75 Å². The van der Waals surface area contributed by atoms with Gasteiger partial charge in [-0.2, -0.15) is 0 Å². The van der Waals surface area contributed by atoms with E-state index >= 15 is 0 Å². The van der Waals surface area contributed by atoms with Gasteiger partial charge in [0.15, 0.2) is 0 Å². The zero-order valence-corrected chi connectivity index (χ0v) is 15.7. The highest BCUT2D eigenvalue weighted by atomic mass is 16.3. The summed E-state index contributed by atoms with van der Waals surface area (Å²) < 4.78 is 2.32. The summed E-state index contributed by atoms with van der Waals surface area (Å²) in [5.41, 5.74) is 3.41. The average molecular weight is 362 g/mol. The number of fused-ring (bicyclic) bond motifs is 1. The van der Waals surface area contributed by atoms with Crippen LogP contribution in [0, 0.1) is 0 Å². The van der Waals surface area contributed by atoms with E-state index in [9.17, 15) is 9.90 Å². The summed E-state index contributed by atoms with van der Waals surface area (Å²) in [5, 5.41) is 13.5. The summed E-state index contributed by atoms with van der Waals surface area (Å²) in [6.07, 6.45) is 8.63. The van der Waals surface area contributed by atoms with Crippen molar-refractivity contribution >= 4 is 22.9 Å². The molecule has 0 unspecified atom stereocenters. The molecule has 0 radical (unpaired) electrons. The topological polar surface area (TPSA) is 54.3 Å². The quantitative estimate of drug-likeness (QED) is 0.579. The van der Waals surface area contributed by atoms with Gasteiger partial charge in [0.2, 0.25) is 5.91 Å². The van der Waals surface area contributed by atoms with Crippen LogP contribution in [0.3, 0.4) is 0 Å². The Hall–Kier alpha value is -3.01. The first-order valence-corrected chi connectivity index (χ1v) is 9.49. The fourth-order valence-electron chi connectivity index (χ4n) is 3.17. The molecule has 1 amide bonds. The molecule has 0 saturated carbocycles. The Morgan fingerprint density at radius 1 is 1.15 bits per heavy atom. The summed E-state index contributed by atoms with van der Waals surface area (Å²) in [4.78, 5) is 12.0. The lowest BCUT2D eigenvalue weighted by Crippen LogP contribution is -2.23. The minimum Gasteiger partial charge on any atom is -0.508 e. The van der Waals surface area contributed by atoms with E-state index in [-0.39, 0.29) is 11.7 Å². The number of nitrogens with zero attached hydrogens (tertiary/aromatic N) is 1. The molecule has 0 atom stereocenters. The van der Waals surface area contributed by atoms with Gasteiger partial charge >= 0.3 is 0 Å². The van der Waals surface area contributed by atoms with Crippen molar-refractivity contribution in [3.05, 3.63) is 71.9 Å². The second kappa shape index (κ2) is 9.08. The molecule has 2 aromatic carbocycles. The maximum atomic E-state index is 12.0. The van der Waals surface area contributed by atoms with Crippen LogP contribution in [0.25, 0.3) is 17.0 Å². The second-order valence-electron chi connectivity index (χ2n) is 6.68. The van der Waals surface area contributed by atoms with Crippen LogP contribution < -0.4 is 5.32 Å². The van der Waals surface area contributed by atoms with Gasteiger partial charge in [0.1, 0.15) is 5.75 Å². The summed E-state index contributed by atoms with van der Waals surface area (Å²) >= 11 is 0. The molecule has 3 aromatic rings. The Balaban J connectivity index is 1.58. The number of phenolic OH excluding ortho intramolecular Hbond substituents is 1. The Labute approximate surface area is 160 Å². The van der Waals surface area contributed by atoms with Crippen LogP contribution in [0.2, 0.25) is 0 Å². The van der Waals surface area contributed by atoms with E-state index in [1.165, 1.54) is 29.0 Å². The number of nitrogens with one attached hydrogen (secondary N) is 1. The molecule has 2 N–H and O–H groups in total. The molecule has 1 heterocycles. The number of aryl methyl sites for hydroxylation is 1. The summed E-state index contributed by atoms with van der Waals surface area (Å²) in [7, 11) is 0. The molecule has 0 spiro atoms. The van der Waals surface area contributed by atoms with Gasteiger partial charge in [0.05, 0.1) is 0 Å². The van der Waals surface area contributed by atoms with E-state index in [0.717, 1.165) is 24.9 Å². The van der Waals surface area contributed by atoms with E-state index in [4.69, 9.17) is 0 Å². The molecule has 27 heavy (non-hydrogen) atoms. The first-order valence-electron chi connectivity index (χ1n) is 9.49. The molecule has 0 bridgehead atoms. The second-order valence-corrected chi connectivity index (χ2v) is 6.68. The summed E-state index contributed by atoms with van der Waals surface area (Å²) in [5.74, 6) is 0.104. The number of carbonyl (C=O) groups is 1. The van der Waals surface area contributed by atoms with Crippen LogP contribution in [0.4, 0.5) is 0 Å². The SMILES string of the molecule is CCCCn1cc(CCNC(=O)/C=C/c2ccc(O)cc2)c2ccccc21. The van der Waals surface area contributed by atoms with Crippen molar-refractivity contribution in [2.24, 2.45) is 0 Å². The van der Waals surface area contributed by atoms with Crippen molar-refractivity contribution in [3.63, 3.8) is 0 Å². The molecular formula is C23H26N2O2.